The van der Waals surface area contributed by atoms with Gasteiger partial charge in [-0.1, -0.05) is 36.4 Å². The summed E-state index contributed by atoms with van der Waals surface area (Å²) in [6, 6.07) is 13.9. The Kier molecular flexibility index (Phi) is 2.94. The molecule has 23 heavy (non-hydrogen) atoms. The molecule has 2 amide bonds. The third-order valence-corrected chi connectivity index (χ3v) is 4.18. The lowest BCUT2D eigenvalue weighted by molar-refractivity contribution is 0.103. The quantitative estimate of drug-likeness (QED) is 0.896. The molecule has 1 aliphatic heterocycles. The third-order valence-electron chi connectivity index (χ3n) is 4.18. The lowest BCUT2D eigenvalue weighted by atomic mass is 9.94. The van der Waals surface area contributed by atoms with Crippen LogP contribution in [0.25, 0.3) is 5.70 Å². The topological polar surface area (TPSA) is 67.4 Å². The van der Waals surface area contributed by atoms with E-state index < -0.39 is 6.04 Å². The van der Waals surface area contributed by atoms with Crippen molar-refractivity contribution < 1.29 is 14.3 Å². The largest absolute Gasteiger partial charge is 0.497 e. The number of hydrogen-bond donors (Lipinski definition) is 2. The molecule has 2 N–H and O–H groups in total. The average molecular weight is 306 g/mol. The zero-order valence-corrected chi connectivity index (χ0v) is 12.4. The van der Waals surface area contributed by atoms with Gasteiger partial charge in [-0.2, -0.15) is 0 Å². The number of benzene rings is 2. The first-order valence-electron chi connectivity index (χ1n) is 7.29. The first-order chi connectivity index (χ1) is 11.2. The summed E-state index contributed by atoms with van der Waals surface area (Å²) in [5, 5.41) is 5.61. The summed E-state index contributed by atoms with van der Waals surface area (Å²) in [6.45, 7) is 0. The van der Waals surface area contributed by atoms with Crippen molar-refractivity contribution in [2.45, 2.75) is 6.04 Å². The van der Waals surface area contributed by atoms with Gasteiger partial charge < -0.3 is 15.4 Å². The zero-order chi connectivity index (χ0) is 16.0. The summed E-state index contributed by atoms with van der Waals surface area (Å²) in [4.78, 5) is 24.9. The van der Waals surface area contributed by atoms with Crippen molar-refractivity contribution in [1.29, 1.82) is 0 Å². The fourth-order valence-electron chi connectivity index (χ4n) is 3.14. The first kappa shape index (κ1) is 13.6. The molecule has 1 aliphatic carbocycles. The van der Waals surface area contributed by atoms with Crippen molar-refractivity contribution >= 4 is 17.5 Å². The normalized spacial score (nSPS) is 18.9. The monoisotopic (exact) mass is 306 g/mol. The van der Waals surface area contributed by atoms with Crippen molar-refractivity contribution in [2.75, 3.05) is 7.11 Å². The molecule has 0 radical (unpaired) electrons. The van der Waals surface area contributed by atoms with E-state index in [4.69, 9.17) is 4.74 Å². The van der Waals surface area contributed by atoms with E-state index in [1.807, 2.05) is 42.5 Å². The summed E-state index contributed by atoms with van der Waals surface area (Å²) >= 11 is 0. The number of nitrogens with one attached hydrogen (secondary N) is 2. The molecule has 2 aliphatic rings. The zero-order valence-electron chi connectivity index (χ0n) is 12.4. The van der Waals surface area contributed by atoms with Crippen LogP contribution in [0, 0.1) is 0 Å². The molecule has 0 spiro atoms. The van der Waals surface area contributed by atoms with Crippen LogP contribution >= 0.6 is 0 Å². The van der Waals surface area contributed by atoms with Gasteiger partial charge in [-0.15, -0.1) is 0 Å². The van der Waals surface area contributed by atoms with Crippen LogP contribution in [-0.2, 0) is 0 Å². The summed E-state index contributed by atoms with van der Waals surface area (Å²) in [5.74, 6) is 0.622. The van der Waals surface area contributed by atoms with Crippen LogP contribution in [0.1, 0.15) is 27.5 Å². The van der Waals surface area contributed by atoms with Gasteiger partial charge >= 0.3 is 6.03 Å². The molecule has 4 rings (SSSR count). The van der Waals surface area contributed by atoms with Gasteiger partial charge in [0.1, 0.15) is 5.75 Å². The standard InChI is InChI=1S/C18H14N2O3/c1-23-11-6-4-5-10(9-11)15-14-16(20-18(22)19-15)12-7-2-3-8-13(12)17(14)21/h2-9,15H,1H3,(H2,19,20,22). The Morgan fingerprint density at radius 2 is 1.78 bits per heavy atom. The SMILES string of the molecule is COc1cccc(C2NC(=O)NC3=C2C(=O)c2ccccc23)c1. The molecule has 2 aromatic rings. The molecule has 1 heterocycles. The Balaban J connectivity index is 1.87. The van der Waals surface area contributed by atoms with Crippen molar-refractivity contribution in [1.82, 2.24) is 10.6 Å². The number of ether oxygens (including phenoxy) is 1. The molecular weight excluding hydrogens is 292 g/mol. The second kappa shape index (κ2) is 4.98. The van der Waals surface area contributed by atoms with E-state index in [9.17, 15) is 9.59 Å². The lowest BCUT2D eigenvalue weighted by Crippen LogP contribution is -2.43. The number of fused-ring (bicyclic) bond motifs is 2. The highest BCUT2D eigenvalue weighted by Crippen LogP contribution is 2.40. The second-order valence-corrected chi connectivity index (χ2v) is 5.47. The van der Waals surface area contributed by atoms with E-state index in [0.717, 1.165) is 11.1 Å². The molecule has 114 valence electrons. The highest BCUT2D eigenvalue weighted by atomic mass is 16.5. The summed E-state index contributed by atoms with van der Waals surface area (Å²) < 4.78 is 5.24. The summed E-state index contributed by atoms with van der Waals surface area (Å²) in [5.41, 5.74) is 3.37. The predicted octanol–water partition coefficient (Wildman–Crippen LogP) is 2.66. The highest BCUT2D eigenvalue weighted by molar-refractivity contribution is 6.23. The van der Waals surface area contributed by atoms with Crippen molar-refractivity contribution in [3.63, 3.8) is 0 Å². The molecule has 1 unspecified atom stereocenters. The Bertz CT molecular complexity index is 870. The van der Waals surface area contributed by atoms with Crippen molar-refractivity contribution in [3.05, 3.63) is 70.8 Å². The molecule has 0 saturated carbocycles. The van der Waals surface area contributed by atoms with Gasteiger partial charge in [0.25, 0.3) is 0 Å². The Labute approximate surface area is 133 Å². The van der Waals surface area contributed by atoms with E-state index in [2.05, 4.69) is 10.6 Å². The van der Waals surface area contributed by atoms with Gasteiger partial charge in [0.2, 0.25) is 0 Å². The van der Waals surface area contributed by atoms with Gasteiger partial charge in [-0.3, -0.25) is 4.79 Å². The Hall–Kier alpha value is -3.08. The number of carbonyl (C=O) groups excluding carboxylic acids is 2. The predicted molar refractivity (Wildman–Crippen MR) is 85.1 cm³/mol. The maximum atomic E-state index is 12.8. The highest BCUT2D eigenvalue weighted by Gasteiger charge is 2.39. The lowest BCUT2D eigenvalue weighted by Gasteiger charge is -2.26. The average Bonchev–Trinajstić information content (AvgIpc) is 2.87. The van der Waals surface area contributed by atoms with E-state index >= 15 is 0 Å². The van der Waals surface area contributed by atoms with Gasteiger partial charge in [0.15, 0.2) is 5.78 Å². The fraction of sp³-hybridized carbons (Fsp3) is 0.111. The van der Waals surface area contributed by atoms with Crippen LogP contribution in [0.3, 0.4) is 0 Å². The van der Waals surface area contributed by atoms with E-state index in [1.165, 1.54) is 0 Å². The van der Waals surface area contributed by atoms with Crippen LogP contribution in [0.15, 0.2) is 54.1 Å². The van der Waals surface area contributed by atoms with Gasteiger partial charge in [0.05, 0.1) is 24.4 Å². The molecule has 0 fully saturated rings. The van der Waals surface area contributed by atoms with E-state index in [-0.39, 0.29) is 11.8 Å². The smallest absolute Gasteiger partial charge is 0.320 e. The van der Waals surface area contributed by atoms with Crippen LogP contribution in [0.4, 0.5) is 4.79 Å². The first-order valence-corrected chi connectivity index (χ1v) is 7.29. The van der Waals surface area contributed by atoms with Crippen molar-refractivity contribution in [3.8, 4) is 5.75 Å². The maximum absolute atomic E-state index is 12.8. The molecule has 5 heteroatoms. The maximum Gasteiger partial charge on any atom is 0.320 e. The minimum atomic E-state index is -0.492. The van der Waals surface area contributed by atoms with Crippen molar-refractivity contribution in [2.24, 2.45) is 0 Å². The molecule has 0 bridgehead atoms. The van der Waals surface area contributed by atoms with Crippen LogP contribution in [0.5, 0.6) is 5.75 Å². The molecular formula is C18H14N2O3. The Morgan fingerprint density at radius 1 is 1.00 bits per heavy atom. The number of Topliss-reactive ketones (excluding diaryl/α,β-unsaturated/α-hetero) is 1. The number of amides is 2. The minimum absolute atomic E-state index is 0.0593. The molecule has 0 aromatic heterocycles. The minimum Gasteiger partial charge on any atom is -0.497 e. The van der Waals surface area contributed by atoms with E-state index in [1.54, 1.807) is 13.2 Å². The summed E-state index contributed by atoms with van der Waals surface area (Å²) in [7, 11) is 1.58. The third kappa shape index (κ3) is 2.01. The van der Waals surface area contributed by atoms with Crippen LogP contribution in [0.2, 0.25) is 0 Å². The number of methoxy groups -OCH3 is 1. The molecule has 0 saturated heterocycles. The van der Waals surface area contributed by atoms with E-state index in [0.29, 0.717) is 22.6 Å². The number of rotatable bonds is 2. The van der Waals surface area contributed by atoms with Gasteiger partial charge in [-0.05, 0) is 17.7 Å². The number of hydrogen-bond acceptors (Lipinski definition) is 3. The summed E-state index contributed by atoms with van der Waals surface area (Å²) in [6.07, 6.45) is 0. The number of urea groups is 1. The van der Waals surface area contributed by atoms with Crippen LogP contribution < -0.4 is 15.4 Å². The fourth-order valence-corrected chi connectivity index (χ4v) is 3.14. The molecule has 2 aromatic carbocycles. The number of ketones is 1. The van der Waals surface area contributed by atoms with Gasteiger partial charge in [0, 0.05) is 11.1 Å². The van der Waals surface area contributed by atoms with Gasteiger partial charge in [-0.25, -0.2) is 4.79 Å². The Morgan fingerprint density at radius 3 is 2.57 bits per heavy atom. The molecule has 1 atom stereocenters. The second-order valence-electron chi connectivity index (χ2n) is 5.47. The molecule has 5 nitrogen and oxygen atoms in total. The van der Waals surface area contributed by atoms with Crippen LogP contribution in [-0.4, -0.2) is 18.9 Å². The number of carbonyl (C=O) groups is 2.